The van der Waals surface area contributed by atoms with Gasteiger partial charge in [0.1, 0.15) is 18.3 Å². The van der Waals surface area contributed by atoms with Crippen molar-refractivity contribution in [3.05, 3.63) is 42.1 Å². The summed E-state index contributed by atoms with van der Waals surface area (Å²) in [5, 5.41) is 15.0. The molecule has 3 N–H and O–H groups in total. The van der Waals surface area contributed by atoms with E-state index in [0.717, 1.165) is 21.9 Å². The fourth-order valence-corrected chi connectivity index (χ4v) is 3.91. The molecule has 1 fully saturated rings. The number of fused-ring (bicyclic) bond motifs is 3. The fourth-order valence-electron chi connectivity index (χ4n) is 3.91. The summed E-state index contributed by atoms with van der Waals surface area (Å²) in [6.45, 7) is 1.40. The molecule has 10 nitrogen and oxygen atoms in total. The highest BCUT2D eigenvalue weighted by atomic mass is 16.5. The molecule has 34 heavy (non-hydrogen) atoms. The summed E-state index contributed by atoms with van der Waals surface area (Å²) in [4.78, 5) is 39.1. The van der Waals surface area contributed by atoms with Gasteiger partial charge in [-0.3, -0.25) is 14.9 Å². The summed E-state index contributed by atoms with van der Waals surface area (Å²) in [6, 6.07) is 9.09. The SMILES string of the molecule is O=C(O)NCCOCCOCC#Cc1ccc2c3cccnc3n(C3CCC(=O)NC3=O)c2c1. The Labute approximate surface area is 195 Å². The number of hydrogen-bond acceptors (Lipinski definition) is 6. The minimum absolute atomic E-state index is 0.215. The highest BCUT2D eigenvalue weighted by Crippen LogP contribution is 2.33. The van der Waals surface area contributed by atoms with Gasteiger partial charge < -0.3 is 24.5 Å². The first-order chi connectivity index (χ1) is 16.5. The Bertz CT molecular complexity index is 1290. The van der Waals surface area contributed by atoms with Crippen molar-refractivity contribution in [2.45, 2.75) is 18.9 Å². The number of carbonyl (C=O) groups excluding carboxylic acids is 2. The Hall–Kier alpha value is -3.94. The third kappa shape index (κ3) is 5.33. The summed E-state index contributed by atoms with van der Waals surface area (Å²) in [5.74, 6) is 5.45. The minimum Gasteiger partial charge on any atom is -0.465 e. The predicted octanol–water partition coefficient (Wildman–Crippen LogP) is 1.82. The number of hydrogen-bond donors (Lipinski definition) is 3. The molecule has 3 heterocycles. The molecule has 0 radical (unpaired) electrons. The molecule has 1 unspecified atom stereocenters. The molecule has 3 amide bonds. The molecule has 1 aromatic carbocycles. The van der Waals surface area contributed by atoms with E-state index in [2.05, 4.69) is 27.5 Å². The number of piperidine rings is 1. The van der Waals surface area contributed by atoms with Crippen LogP contribution >= 0.6 is 0 Å². The number of nitrogens with zero attached hydrogens (tertiary/aromatic N) is 2. The van der Waals surface area contributed by atoms with Gasteiger partial charge in [0, 0.05) is 35.5 Å². The van der Waals surface area contributed by atoms with Crippen LogP contribution in [-0.2, 0) is 19.1 Å². The largest absolute Gasteiger partial charge is 0.465 e. The maximum absolute atomic E-state index is 12.6. The molecule has 176 valence electrons. The van der Waals surface area contributed by atoms with E-state index in [4.69, 9.17) is 14.6 Å². The van der Waals surface area contributed by atoms with Crippen molar-refractivity contribution >= 4 is 39.8 Å². The number of nitrogens with one attached hydrogen (secondary N) is 2. The zero-order chi connectivity index (χ0) is 23.9. The van der Waals surface area contributed by atoms with E-state index in [1.54, 1.807) is 6.20 Å². The van der Waals surface area contributed by atoms with Crippen molar-refractivity contribution in [2.24, 2.45) is 0 Å². The molecule has 4 rings (SSSR count). The maximum atomic E-state index is 12.6. The van der Waals surface area contributed by atoms with Crippen molar-refractivity contribution in [3.8, 4) is 11.8 Å². The Balaban J connectivity index is 1.45. The smallest absolute Gasteiger partial charge is 0.404 e. The summed E-state index contributed by atoms with van der Waals surface area (Å²) in [5.41, 5.74) is 2.29. The number of amides is 3. The number of carboxylic acid groups (broad SMARTS) is 1. The molecule has 1 saturated heterocycles. The molecule has 0 spiro atoms. The van der Waals surface area contributed by atoms with Crippen LogP contribution < -0.4 is 10.6 Å². The Morgan fingerprint density at radius 3 is 2.88 bits per heavy atom. The quantitative estimate of drug-likeness (QED) is 0.263. The fraction of sp³-hybridized carbons (Fsp3) is 0.333. The van der Waals surface area contributed by atoms with Gasteiger partial charge in [0.15, 0.2) is 0 Å². The van der Waals surface area contributed by atoms with E-state index >= 15 is 0 Å². The van der Waals surface area contributed by atoms with E-state index in [1.165, 1.54) is 0 Å². The van der Waals surface area contributed by atoms with Crippen LogP contribution in [0.5, 0.6) is 0 Å². The minimum atomic E-state index is -1.08. The molecule has 1 aliphatic rings. The monoisotopic (exact) mass is 464 g/mol. The average Bonchev–Trinajstić information content (AvgIpc) is 3.14. The Morgan fingerprint density at radius 2 is 2.06 bits per heavy atom. The van der Waals surface area contributed by atoms with Crippen LogP contribution in [0.3, 0.4) is 0 Å². The van der Waals surface area contributed by atoms with Crippen molar-refractivity contribution in [3.63, 3.8) is 0 Å². The zero-order valence-electron chi connectivity index (χ0n) is 18.4. The summed E-state index contributed by atoms with van der Waals surface area (Å²) < 4.78 is 12.6. The molecule has 10 heteroatoms. The first-order valence-electron chi connectivity index (χ1n) is 10.9. The number of carbonyl (C=O) groups is 3. The van der Waals surface area contributed by atoms with Crippen LogP contribution in [0, 0.1) is 11.8 Å². The van der Waals surface area contributed by atoms with Gasteiger partial charge in [-0.15, -0.1) is 0 Å². The second-order valence-corrected chi connectivity index (χ2v) is 7.64. The summed E-state index contributed by atoms with van der Waals surface area (Å²) in [7, 11) is 0. The molecule has 0 aliphatic carbocycles. The normalized spacial score (nSPS) is 15.7. The van der Waals surface area contributed by atoms with Crippen molar-refractivity contribution < 1.29 is 29.0 Å². The number of aromatic nitrogens is 2. The first kappa shape index (κ1) is 23.2. The Kier molecular flexibility index (Phi) is 7.37. The zero-order valence-corrected chi connectivity index (χ0v) is 18.4. The van der Waals surface area contributed by atoms with Gasteiger partial charge in [-0.25, -0.2) is 9.78 Å². The topological polar surface area (TPSA) is 132 Å². The van der Waals surface area contributed by atoms with Gasteiger partial charge in [-0.1, -0.05) is 17.9 Å². The van der Waals surface area contributed by atoms with Crippen molar-refractivity contribution in [1.82, 2.24) is 20.2 Å². The van der Waals surface area contributed by atoms with Crippen LogP contribution in [0.1, 0.15) is 24.4 Å². The van der Waals surface area contributed by atoms with Crippen LogP contribution in [0.4, 0.5) is 4.79 Å². The summed E-state index contributed by atoms with van der Waals surface area (Å²) in [6.07, 6.45) is 1.30. The average molecular weight is 464 g/mol. The van der Waals surface area contributed by atoms with E-state index in [1.807, 2.05) is 34.9 Å². The Morgan fingerprint density at radius 1 is 1.21 bits per heavy atom. The first-order valence-corrected chi connectivity index (χ1v) is 10.9. The number of benzene rings is 1. The van der Waals surface area contributed by atoms with E-state index in [0.29, 0.717) is 25.3 Å². The van der Waals surface area contributed by atoms with Gasteiger partial charge in [0.2, 0.25) is 11.8 Å². The molecule has 3 aromatic rings. The van der Waals surface area contributed by atoms with Gasteiger partial charge in [-0.05, 0) is 30.7 Å². The van der Waals surface area contributed by atoms with Crippen LogP contribution in [0.15, 0.2) is 36.5 Å². The highest BCUT2D eigenvalue weighted by Gasteiger charge is 2.30. The molecule has 0 bridgehead atoms. The van der Waals surface area contributed by atoms with E-state index in [-0.39, 0.29) is 38.0 Å². The molecule has 1 aliphatic heterocycles. The maximum Gasteiger partial charge on any atom is 0.404 e. The van der Waals surface area contributed by atoms with Crippen LogP contribution in [0.2, 0.25) is 0 Å². The third-order valence-corrected chi connectivity index (χ3v) is 5.39. The molecule has 2 aromatic heterocycles. The number of imide groups is 1. The van der Waals surface area contributed by atoms with Gasteiger partial charge in [-0.2, -0.15) is 0 Å². The van der Waals surface area contributed by atoms with Gasteiger partial charge in [0.05, 0.1) is 25.3 Å². The van der Waals surface area contributed by atoms with Gasteiger partial charge >= 0.3 is 6.09 Å². The summed E-state index contributed by atoms with van der Waals surface area (Å²) >= 11 is 0. The van der Waals surface area contributed by atoms with E-state index < -0.39 is 12.1 Å². The lowest BCUT2D eigenvalue weighted by molar-refractivity contribution is -0.135. The third-order valence-electron chi connectivity index (χ3n) is 5.39. The molecular weight excluding hydrogens is 440 g/mol. The van der Waals surface area contributed by atoms with E-state index in [9.17, 15) is 14.4 Å². The molecular formula is C24H24N4O6. The molecule has 0 saturated carbocycles. The lowest BCUT2D eigenvalue weighted by Gasteiger charge is -2.23. The lowest BCUT2D eigenvalue weighted by Crippen LogP contribution is -2.41. The van der Waals surface area contributed by atoms with Crippen molar-refractivity contribution in [2.75, 3.05) is 33.0 Å². The number of pyridine rings is 1. The molecule has 1 atom stereocenters. The standard InChI is InChI=1S/C24H24N4O6/c29-21-8-7-19(23(30)27-21)28-20-15-16(5-6-17(20)18-4-1-9-25-22(18)28)3-2-11-33-13-14-34-12-10-26-24(31)32/h1,4-6,9,15,19,26H,7-8,10-14H2,(H,31,32)(H,27,29,30). The highest BCUT2D eigenvalue weighted by molar-refractivity contribution is 6.09. The van der Waals surface area contributed by atoms with Crippen LogP contribution in [0.25, 0.3) is 21.9 Å². The number of ether oxygens (including phenoxy) is 2. The van der Waals surface area contributed by atoms with Crippen molar-refractivity contribution in [1.29, 1.82) is 0 Å². The lowest BCUT2D eigenvalue weighted by atomic mass is 10.1. The van der Waals surface area contributed by atoms with Crippen LogP contribution in [-0.4, -0.2) is 65.5 Å². The van der Waals surface area contributed by atoms with Gasteiger partial charge in [0.25, 0.3) is 0 Å². The second-order valence-electron chi connectivity index (χ2n) is 7.64. The second kappa shape index (κ2) is 10.8. The number of rotatable bonds is 8. The predicted molar refractivity (Wildman–Crippen MR) is 123 cm³/mol.